The summed E-state index contributed by atoms with van der Waals surface area (Å²) in [4.78, 5) is 23.1. The van der Waals surface area contributed by atoms with Gasteiger partial charge in [-0.3, -0.25) is 14.5 Å². The lowest BCUT2D eigenvalue weighted by Crippen LogP contribution is -2.29. The molecule has 0 unspecified atom stereocenters. The van der Waals surface area contributed by atoms with Gasteiger partial charge < -0.3 is 0 Å². The monoisotopic (exact) mass is 177 g/mol. The average Bonchev–Trinajstić information content (AvgIpc) is 2.21. The molecule has 3 heteroatoms. The minimum atomic E-state index is -0.252. The van der Waals surface area contributed by atoms with Crippen LogP contribution >= 0.6 is 0 Å². The summed E-state index contributed by atoms with van der Waals surface area (Å²) in [6.07, 6.45) is 0.551. The highest BCUT2D eigenvalue weighted by Gasteiger charge is 2.11. The largest absolute Gasteiger partial charge is 0.281 e. The summed E-state index contributed by atoms with van der Waals surface area (Å²) >= 11 is 0. The molecule has 0 atom stereocenters. The zero-order chi connectivity index (χ0) is 9.68. The normalized spacial score (nSPS) is 9.31. The number of benzene rings is 1. The second-order valence-electron chi connectivity index (χ2n) is 2.56. The van der Waals surface area contributed by atoms with Crippen molar-refractivity contribution < 1.29 is 9.59 Å². The van der Waals surface area contributed by atoms with Gasteiger partial charge in [-0.1, -0.05) is 18.2 Å². The molecule has 0 aliphatic rings. The van der Waals surface area contributed by atoms with Crippen LogP contribution < -0.4 is 0 Å². The molecule has 0 radical (unpaired) electrons. The minimum absolute atomic E-state index is 0.252. The first-order chi connectivity index (χ1) is 6.29. The third-order valence-electron chi connectivity index (χ3n) is 1.75. The van der Waals surface area contributed by atoms with E-state index >= 15 is 0 Å². The highest BCUT2D eigenvalue weighted by atomic mass is 16.2. The number of imide groups is 1. The van der Waals surface area contributed by atoms with Crippen molar-refractivity contribution >= 4 is 12.3 Å². The molecular weight excluding hydrogens is 166 g/mol. The Bertz CT molecular complexity index is 295. The van der Waals surface area contributed by atoms with E-state index in [0.29, 0.717) is 18.5 Å². The lowest BCUT2D eigenvalue weighted by Gasteiger charge is -2.11. The molecule has 1 rings (SSSR count). The Labute approximate surface area is 77.0 Å². The standard InChI is InChI=1S/C10H11NO2/c1-2-11(8-12)10(13)9-6-4-3-5-7-9/h3-8H,2H2,1H3. The van der Waals surface area contributed by atoms with Crippen LogP contribution in [0.15, 0.2) is 30.3 Å². The van der Waals surface area contributed by atoms with E-state index in [1.807, 2.05) is 6.07 Å². The average molecular weight is 177 g/mol. The number of carbonyl (C=O) groups excluding carboxylic acids is 2. The van der Waals surface area contributed by atoms with Crippen LogP contribution in [0.25, 0.3) is 0 Å². The van der Waals surface area contributed by atoms with Crippen LogP contribution in [0.5, 0.6) is 0 Å². The first kappa shape index (κ1) is 9.45. The Balaban J connectivity index is 2.84. The van der Waals surface area contributed by atoms with Crippen molar-refractivity contribution in [1.29, 1.82) is 0 Å². The molecule has 0 saturated carbocycles. The molecule has 0 bridgehead atoms. The van der Waals surface area contributed by atoms with Crippen LogP contribution in [0.1, 0.15) is 17.3 Å². The summed E-state index contributed by atoms with van der Waals surface area (Å²) in [6, 6.07) is 8.74. The number of nitrogens with zero attached hydrogens (tertiary/aromatic N) is 1. The fourth-order valence-electron chi connectivity index (χ4n) is 1.01. The van der Waals surface area contributed by atoms with E-state index in [0.717, 1.165) is 4.90 Å². The van der Waals surface area contributed by atoms with Gasteiger partial charge in [0, 0.05) is 12.1 Å². The Kier molecular flexibility index (Phi) is 3.20. The molecule has 3 nitrogen and oxygen atoms in total. The van der Waals surface area contributed by atoms with Crippen LogP contribution in [-0.2, 0) is 4.79 Å². The van der Waals surface area contributed by atoms with E-state index in [4.69, 9.17) is 0 Å². The molecule has 0 N–H and O–H groups in total. The molecule has 1 aromatic carbocycles. The molecule has 68 valence electrons. The summed E-state index contributed by atoms with van der Waals surface area (Å²) < 4.78 is 0. The quantitative estimate of drug-likeness (QED) is 0.653. The van der Waals surface area contributed by atoms with Gasteiger partial charge in [-0.05, 0) is 19.1 Å². The molecule has 0 saturated heterocycles. The second kappa shape index (κ2) is 4.40. The highest BCUT2D eigenvalue weighted by Crippen LogP contribution is 2.02. The van der Waals surface area contributed by atoms with Crippen molar-refractivity contribution in [2.24, 2.45) is 0 Å². The smallest absolute Gasteiger partial charge is 0.260 e. The Morgan fingerprint density at radius 3 is 2.46 bits per heavy atom. The van der Waals surface area contributed by atoms with Crippen LogP contribution in [0.4, 0.5) is 0 Å². The molecule has 0 aliphatic carbocycles. The molecule has 2 amide bonds. The maximum Gasteiger partial charge on any atom is 0.260 e. The fraction of sp³-hybridized carbons (Fsp3) is 0.200. The summed E-state index contributed by atoms with van der Waals surface area (Å²) in [5, 5.41) is 0. The maximum atomic E-state index is 11.5. The van der Waals surface area contributed by atoms with Crippen molar-refractivity contribution in [3.05, 3.63) is 35.9 Å². The number of rotatable bonds is 3. The minimum Gasteiger partial charge on any atom is -0.281 e. The SMILES string of the molecule is CCN(C=O)C(=O)c1ccccc1. The van der Waals surface area contributed by atoms with Gasteiger partial charge >= 0.3 is 0 Å². The van der Waals surface area contributed by atoms with E-state index in [9.17, 15) is 9.59 Å². The van der Waals surface area contributed by atoms with Crippen LogP contribution in [0.2, 0.25) is 0 Å². The lowest BCUT2D eigenvalue weighted by atomic mass is 10.2. The van der Waals surface area contributed by atoms with Gasteiger partial charge in [-0.2, -0.15) is 0 Å². The van der Waals surface area contributed by atoms with Crippen LogP contribution in [-0.4, -0.2) is 23.8 Å². The zero-order valence-corrected chi connectivity index (χ0v) is 7.43. The van der Waals surface area contributed by atoms with Gasteiger partial charge in [0.25, 0.3) is 5.91 Å². The lowest BCUT2D eigenvalue weighted by molar-refractivity contribution is -0.115. The molecule has 0 spiro atoms. The fourth-order valence-corrected chi connectivity index (χ4v) is 1.01. The number of hydrogen-bond donors (Lipinski definition) is 0. The Morgan fingerprint density at radius 1 is 1.38 bits per heavy atom. The van der Waals surface area contributed by atoms with E-state index in [1.54, 1.807) is 31.2 Å². The predicted molar refractivity (Wildman–Crippen MR) is 49.2 cm³/mol. The number of hydrogen-bond acceptors (Lipinski definition) is 2. The number of carbonyl (C=O) groups is 2. The Morgan fingerprint density at radius 2 is 2.00 bits per heavy atom. The van der Waals surface area contributed by atoms with Gasteiger partial charge in [0.05, 0.1) is 0 Å². The van der Waals surface area contributed by atoms with Crippen LogP contribution in [0.3, 0.4) is 0 Å². The van der Waals surface area contributed by atoms with Gasteiger partial charge in [-0.15, -0.1) is 0 Å². The van der Waals surface area contributed by atoms with E-state index < -0.39 is 0 Å². The first-order valence-electron chi connectivity index (χ1n) is 4.11. The topological polar surface area (TPSA) is 37.4 Å². The van der Waals surface area contributed by atoms with Gasteiger partial charge in [0.1, 0.15) is 0 Å². The second-order valence-corrected chi connectivity index (χ2v) is 2.56. The third kappa shape index (κ3) is 2.15. The van der Waals surface area contributed by atoms with E-state index in [-0.39, 0.29) is 5.91 Å². The summed E-state index contributed by atoms with van der Waals surface area (Å²) in [6.45, 7) is 2.16. The first-order valence-corrected chi connectivity index (χ1v) is 4.11. The van der Waals surface area contributed by atoms with Gasteiger partial charge in [0.15, 0.2) is 0 Å². The van der Waals surface area contributed by atoms with Crippen molar-refractivity contribution in [1.82, 2.24) is 4.90 Å². The highest BCUT2D eigenvalue weighted by molar-refractivity contribution is 5.99. The summed E-state index contributed by atoms with van der Waals surface area (Å²) in [5.74, 6) is -0.252. The van der Waals surface area contributed by atoms with Crippen molar-refractivity contribution in [2.75, 3.05) is 6.54 Å². The molecule has 0 aromatic heterocycles. The predicted octanol–water partition coefficient (Wildman–Crippen LogP) is 1.31. The molecule has 1 aromatic rings. The zero-order valence-electron chi connectivity index (χ0n) is 7.43. The molecular formula is C10H11NO2. The van der Waals surface area contributed by atoms with Crippen molar-refractivity contribution in [3.8, 4) is 0 Å². The summed E-state index contributed by atoms with van der Waals surface area (Å²) in [7, 11) is 0. The van der Waals surface area contributed by atoms with Gasteiger partial charge in [-0.25, -0.2) is 0 Å². The Hall–Kier alpha value is -1.64. The van der Waals surface area contributed by atoms with E-state index in [1.165, 1.54) is 0 Å². The summed E-state index contributed by atoms with van der Waals surface area (Å²) in [5.41, 5.74) is 0.538. The van der Waals surface area contributed by atoms with E-state index in [2.05, 4.69) is 0 Å². The van der Waals surface area contributed by atoms with Crippen LogP contribution in [0, 0.1) is 0 Å². The molecule has 0 fully saturated rings. The third-order valence-corrected chi connectivity index (χ3v) is 1.75. The maximum absolute atomic E-state index is 11.5. The van der Waals surface area contributed by atoms with Gasteiger partial charge in [0.2, 0.25) is 6.41 Å². The van der Waals surface area contributed by atoms with Crippen molar-refractivity contribution in [3.63, 3.8) is 0 Å². The van der Waals surface area contributed by atoms with Crippen molar-refractivity contribution in [2.45, 2.75) is 6.92 Å². The molecule has 13 heavy (non-hydrogen) atoms. The molecule has 0 aliphatic heterocycles. The molecule has 0 heterocycles. The number of amides is 2.